The summed E-state index contributed by atoms with van der Waals surface area (Å²) in [4.78, 5) is 44.1. The lowest BCUT2D eigenvalue weighted by atomic mass is 10.1. The molecule has 1 fully saturated rings. The van der Waals surface area contributed by atoms with E-state index in [-0.39, 0.29) is 11.6 Å². The Hall–Kier alpha value is -3.17. The van der Waals surface area contributed by atoms with Crippen LogP contribution in [0, 0.1) is 0 Å². The second-order valence-corrected chi connectivity index (χ2v) is 7.19. The molecule has 3 heterocycles. The predicted molar refractivity (Wildman–Crippen MR) is 106 cm³/mol. The second kappa shape index (κ2) is 8.06. The molecule has 0 unspecified atom stereocenters. The molecule has 10 heteroatoms. The molecule has 0 atom stereocenters. The number of benzene rings is 1. The number of amides is 1. The third-order valence-electron chi connectivity index (χ3n) is 4.81. The minimum Gasteiger partial charge on any atom is -0.355 e. The van der Waals surface area contributed by atoms with E-state index < -0.39 is 11.2 Å². The molecule has 1 aliphatic rings. The van der Waals surface area contributed by atoms with Gasteiger partial charge in [0, 0.05) is 61.1 Å². The summed E-state index contributed by atoms with van der Waals surface area (Å²) >= 11 is 5.89. The lowest BCUT2D eigenvalue weighted by molar-refractivity contribution is 0.0618. The number of piperazine rings is 1. The van der Waals surface area contributed by atoms with E-state index >= 15 is 0 Å². The SMILES string of the molecule is O=C(c1cc(-c2ccc(Cl)cc2)on1)N1CCN(Cc2c[nH]c(=O)[nH]c2=O)CC1. The number of carbonyl (C=O) groups is 1. The fraction of sp³-hybridized carbons (Fsp3) is 0.263. The van der Waals surface area contributed by atoms with Crippen LogP contribution in [0.5, 0.6) is 0 Å². The summed E-state index contributed by atoms with van der Waals surface area (Å²) in [7, 11) is 0. The number of hydrogen-bond acceptors (Lipinski definition) is 6. The molecule has 0 saturated carbocycles. The summed E-state index contributed by atoms with van der Waals surface area (Å²) in [5.41, 5.74) is 0.593. The van der Waals surface area contributed by atoms with Gasteiger partial charge in [0.25, 0.3) is 11.5 Å². The highest BCUT2D eigenvalue weighted by molar-refractivity contribution is 6.30. The average molecular weight is 416 g/mol. The van der Waals surface area contributed by atoms with Crippen molar-refractivity contribution in [3.05, 3.63) is 73.6 Å². The van der Waals surface area contributed by atoms with Crippen LogP contribution >= 0.6 is 11.6 Å². The Morgan fingerprint density at radius 2 is 1.86 bits per heavy atom. The molecule has 0 spiro atoms. The second-order valence-electron chi connectivity index (χ2n) is 6.75. The first-order valence-corrected chi connectivity index (χ1v) is 9.42. The highest BCUT2D eigenvalue weighted by atomic mass is 35.5. The quantitative estimate of drug-likeness (QED) is 0.664. The van der Waals surface area contributed by atoms with Crippen LogP contribution in [0.25, 0.3) is 11.3 Å². The van der Waals surface area contributed by atoms with Gasteiger partial charge < -0.3 is 14.4 Å². The number of hydrogen-bond donors (Lipinski definition) is 2. The number of aromatic amines is 2. The first-order chi connectivity index (χ1) is 14.0. The lowest BCUT2D eigenvalue weighted by Crippen LogP contribution is -2.48. The number of aromatic nitrogens is 3. The van der Waals surface area contributed by atoms with Crippen LogP contribution in [0.3, 0.4) is 0 Å². The summed E-state index contributed by atoms with van der Waals surface area (Å²) in [6, 6.07) is 8.71. The molecule has 150 valence electrons. The number of rotatable bonds is 4. The monoisotopic (exact) mass is 415 g/mol. The first kappa shape index (κ1) is 19.2. The molecular formula is C19H18ClN5O4. The Kier molecular flexibility index (Phi) is 5.32. The van der Waals surface area contributed by atoms with Crippen molar-refractivity contribution in [2.45, 2.75) is 6.54 Å². The molecule has 9 nitrogen and oxygen atoms in total. The Balaban J connectivity index is 1.37. The summed E-state index contributed by atoms with van der Waals surface area (Å²) in [6.07, 6.45) is 1.42. The molecule has 2 N–H and O–H groups in total. The van der Waals surface area contributed by atoms with Gasteiger partial charge in [-0.2, -0.15) is 0 Å². The van der Waals surface area contributed by atoms with Crippen LogP contribution < -0.4 is 11.2 Å². The van der Waals surface area contributed by atoms with Gasteiger partial charge >= 0.3 is 5.69 Å². The normalized spacial score (nSPS) is 14.9. The van der Waals surface area contributed by atoms with Gasteiger partial charge in [0.05, 0.1) is 0 Å². The van der Waals surface area contributed by atoms with Crippen molar-refractivity contribution in [2.75, 3.05) is 26.2 Å². The molecule has 2 aromatic heterocycles. The van der Waals surface area contributed by atoms with Gasteiger partial charge in [-0.3, -0.25) is 19.5 Å². The van der Waals surface area contributed by atoms with E-state index in [0.29, 0.717) is 49.1 Å². The van der Waals surface area contributed by atoms with Gasteiger partial charge in [0.15, 0.2) is 11.5 Å². The molecule has 0 aliphatic carbocycles. The van der Waals surface area contributed by atoms with E-state index in [9.17, 15) is 14.4 Å². The molecule has 3 aromatic rings. The van der Waals surface area contributed by atoms with Crippen LogP contribution in [0.15, 0.2) is 50.6 Å². The maximum absolute atomic E-state index is 12.7. The maximum atomic E-state index is 12.7. The highest BCUT2D eigenvalue weighted by Crippen LogP contribution is 2.23. The van der Waals surface area contributed by atoms with Crippen LogP contribution in [0.2, 0.25) is 5.02 Å². The molecular weight excluding hydrogens is 398 g/mol. The molecule has 1 saturated heterocycles. The molecule has 1 aromatic carbocycles. The van der Waals surface area contributed by atoms with E-state index in [1.807, 2.05) is 0 Å². The molecule has 29 heavy (non-hydrogen) atoms. The number of carbonyl (C=O) groups excluding carboxylic acids is 1. The third-order valence-corrected chi connectivity index (χ3v) is 5.06. The molecule has 0 radical (unpaired) electrons. The Bertz CT molecular complexity index is 1130. The van der Waals surface area contributed by atoms with Crippen molar-refractivity contribution < 1.29 is 9.32 Å². The minimum atomic E-state index is -0.528. The van der Waals surface area contributed by atoms with Crippen LogP contribution in [-0.2, 0) is 6.54 Å². The summed E-state index contributed by atoms with van der Waals surface area (Å²) in [6.45, 7) is 2.61. The smallest absolute Gasteiger partial charge is 0.325 e. The van der Waals surface area contributed by atoms with Crippen molar-refractivity contribution in [3.8, 4) is 11.3 Å². The average Bonchev–Trinajstić information content (AvgIpc) is 3.21. The van der Waals surface area contributed by atoms with Gasteiger partial charge in [-0.15, -0.1) is 0 Å². The topological polar surface area (TPSA) is 115 Å². The van der Waals surface area contributed by atoms with Crippen molar-refractivity contribution >= 4 is 17.5 Å². The summed E-state index contributed by atoms with van der Waals surface area (Å²) in [5, 5.41) is 4.52. The van der Waals surface area contributed by atoms with E-state index in [4.69, 9.17) is 16.1 Å². The largest absolute Gasteiger partial charge is 0.355 e. The van der Waals surface area contributed by atoms with E-state index in [1.54, 1.807) is 35.2 Å². The summed E-state index contributed by atoms with van der Waals surface area (Å²) < 4.78 is 5.31. The number of halogens is 1. The van der Waals surface area contributed by atoms with Crippen molar-refractivity contribution in [1.82, 2.24) is 24.9 Å². The predicted octanol–water partition coefficient (Wildman–Crippen LogP) is 1.33. The Morgan fingerprint density at radius 1 is 1.14 bits per heavy atom. The zero-order chi connectivity index (χ0) is 20.4. The van der Waals surface area contributed by atoms with Crippen molar-refractivity contribution in [1.29, 1.82) is 0 Å². The zero-order valence-corrected chi connectivity index (χ0v) is 16.1. The molecule has 1 amide bonds. The summed E-state index contributed by atoms with van der Waals surface area (Å²) in [5.74, 6) is 0.302. The maximum Gasteiger partial charge on any atom is 0.325 e. The fourth-order valence-corrected chi connectivity index (χ4v) is 3.32. The van der Waals surface area contributed by atoms with Gasteiger partial charge in [-0.05, 0) is 24.3 Å². The van der Waals surface area contributed by atoms with Crippen LogP contribution in [0.1, 0.15) is 16.1 Å². The Morgan fingerprint density at radius 3 is 2.55 bits per heavy atom. The van der Waals surface area contributed by atoms with Crippen molar-refractivity contribution in [3.63, 3.8) is 0 Å². The van der Waals surface area contributed by atoms with Crippen LogP contribution in [-0.4, -0.2) is 57.0 Å². The highest BCUT2D eigenvalue weighted by Gasteiger charge is 2.25. The van der Waals surface area contributed by atoms with Gasteiger partial charge in [0.2, 0.25) is 0 Å². The first-order valence-electron chi connectivity index (χ1n) is 9.05. The number of nitrogens with zero attached hydrogens (tertiary/aromatic N) is 3. The van der Waals surface area contributed by atoms with Crippen LogP contribution in [0.4, 0.5) is 0 Å². The van der Waals surface area contributed by atoms with Gasteiger partial charge in [-0.1, -0.05) is 16.8 Å². The van der Waals surface area contributed by atoms with E-state index in [2.05, 4.69) is 20.0 Å². The third kappa shape index (κ3) is 4.30. The van der Waals surface area contributed by atoms with Gasteiger partial charge in [0.1, 0.15) is 0 Å². The number of H-pyrrole nitrogens is 2. The standard InChI is InChI=1S/C19H18ClN5O4/c20-14-3-1-12(2-4-14)16-9-15(23-29-16)18(27)25-7-5-24(6-8-25)11-13-10-21-19(28)22-17(13)26/h1-4,9-10H,5-8,11H2,(H2,21,22,26,28). The zero-order valence-electron chi connectivity index (χ0n) is 15.4. The fourth-order valence-electron chi connectivity index (χ4n) is 3.19. The minimum absolute atomic E-state index is 0.199. The van der Waals surface area contributed by atoms with Gasteiger partial charge in [-0.25, -0.2) is 4.79 Å². The number of nitrogens with one attached hydrogen (secondary N) is 2. The van der Waals surface area contributed by atoms with E-state index in [1.165, 1.54) is 6.20 Å². The lowest BCUT2D eigenvalue weighted by Gasteiger charge is -2.34. The molecule has 1 aliphatic heterocycles. The van der Waals surface area contributed by atoms with Crippen molar-refractivity contribution in [2.24, 2.45) is 0 Å². The Labute approximate surface area is 169 Å². The molecule has 0 bridgehead atoms. The van der Waals surface area contributed by atoms with E-state index in [0.717, 1.165) is 5.56 Å². The molecule has 4 rings (SSSR count).